The van der Waals surface area contributed by atoms with Crippen LogP contribution in [0.15, 0.2) is 30.3 Å². The van der Waals surface area contributed by atoms with E-state index in [1.807, 2.05) is 11.6 Å². The Morgan fingerprint density at radius 1 is 1.13 bits per heavy atom. The van der Waals surface area contributed by atoms with Gasteiger partial charge in [0.1, 0.15) is 0 Å². The molecule has 2 nitrogen and oxygen atoms in total. The predicted octanol–water partition coefficient (Wildman–Crippen LogP) is 3.05. The highest BCUT2D eigenvalue weighted by atomic mass is 15.3. The van der Waals surface area contributed by atoms with Gasteiger partial charge in [0.15, 0.2) is 0 Å². The van der Waals surface area contributed by atoms with Crippen molar-refractivity contribution in [2.24, 2.45) is 0 Å². The molecule has 78 valence electrons. The van der Waals surface area contributed by atoms with Gasteiger partial charge in [-0.15, -0.1) is 0 Å². The lowest BCUT2D eigenvalue weighted by Crippen LogP contribution is -1.98. The van der Waals surface area contributed by atoms with Gasteiger partial charge in [-0.25, -0.2) is 4.68 Å². The van der Waals surface area contributed by atoms with Crippen LogP contribution in [-0.2, 0) is 6.42 Å². The molecule has 0 unspecified atom stereocenters. The third-order valence-electron chi connectivity index (χ3n) is 2.60. The van der Waals surface area contributed by atoms with Gasteiger partial charge in [-0.05, 0) is 44.0 Å². The standard InChI is InChI=1S/C13H16N2/c1-4-12-5-7-13(8-6-12)15-11(3)9-10(2)14-15/h5-9H,4H2,1-3H3. The predicted molar refractivity (Wildman–Crippen MR) is 62.4 cm³/mol. The van der Waals surface area contributed by atoms with E-state index in [0.29, 0.717) is 0 Å². The number of aryl methyl sites for hydroxylation is 3. The van der Waals surface area contributed by atoms with Crippen LogP contribution in [-0.4, -0.2) is 9.78 Å². The van der Waals surface area contributed by atoms with Crippen molar-refractivity contribution in [3.63, 3.8) is 0 Å². The van der Waals surface area contributed by atoms with Crippen molar-refractivity contribution in [2.45, 2.75) is 27.2 Å². The Balaban J connectivity index is 2.41. The van der Waals surface area contributed by atoms with Gasteiger partial charge in [0.2, 0.25) is 0 Å². The molecule has 1 aromatic heterocycles. The summed E-state index contributed by atoms with van der Waals surface area (Å²) in [7, 11) is 0. The second-order valence-electron chi connectivity index (χ2n) is 3.86. The molecule has 15 heavy (non-hydrogen) atoms. The fourth-order valence-electron chi connectivity index (χ4n) is 1.76. The molecule has 1 aromatic carbocycles. The first-order chi connectivity index (χ1) is 7.20. The van der Waals surface area contributed by atoms with Crippen molar-refractivity contribution in [3.05, 3.63) is 47.3 Å². The van der Waals surface area contributed by atoms with E-state index < -0.39 is 0 Å². The van der Waals surface area contributed by atoms with Gasteiger partial charge in [-0.3, -0.25) is 0 Å². The molecule has 0 atom stereocenters. The third-order valence-corrected chi connectivity index (χ3v) is 2.60. The number of benzene rings is 1. The lowest BCUT2D eigenvalue weighted by Gasteiger charge is -2.04. The van der Waals surface area contributed by atoms with Crippen LogP contribution in [0.1, 0.15) is 23.9 Å². The maximum Gasteiger partial charge on any atom is 0.0648 e. The van der Waals surface area contributed by atoms with E-state index in [0.717, 1.165) is 17.8 Å². The molecule has 0 radical (unpaired) electrons. The molecule has 0 N–H and O–H groups in total. The number of nitrogens with zero attached hydrogens (tertiary/aromatic N) is 2. The van der Waals surface area contributed by atoms with Crippen molar-refractivity contribution in [1.82, 2.24) is 9.78 Å². The Bertz CT molecular complexity index is 452. The average Bonchev–Trinajstić information content (AvgIpc) is 2.58. The first-order valence-corrected chi connectivity index (χ1v) is 5.33. The van der Waals surface area contributed by atoms with E-state index in [1.165, 1.54) is 11.3 Å². The molecule has 0 aliphatic heterocycles. The second kappa shape index (κ2) is 3.89. The quantitative estimate of drug-likeness (QED) is 0.728. The van der Waals surface area contributed by atoms with E-state index in [9.17, 15) is 0 Å². The van der Waals surface area contributed by atoms with Crippen molar-refractivity contribution in [3.8, 4) is 5.69 Å². The van der Waals surface area contributed by atoms with Gasteiger partial charge in [-0.1, -0.05) is 19.1 Å². The molecule has 0 aliphatic carbocycles. The highest BCUT2D eigenvalue weighted by molar-refractivity contribution is 5.35. The maximum atomic E-state index is 4.45. The van der Waals surface area contributed by atoms with Crippen molar-refractivity contribution >= 4 is 0 Å². The van der Waals surface area contributed by atoms with Gasteiger partial charge in [0.05, 0.1) is 11.4 Å². The Labute approximate surface area is 90.6 Å². The highest BCUT2D eigenvalue weighted by Crippen LogP contribution is 2.13. The van der Waals surface area contributed by atoms with Gasteiger partial charge in [0, 0.05) is 5.69 Å². The maximum absolute atomic E-state index is 4.45. The number of hydrogen-bond donors (Lipinski definition) is 0. The normalized spacial score (nSPS) is 10.6. The SMILES string of the molecule is CCc1ccc(-n2nc(C)cc2C)cc1. The summed E-state index contributed by atoms with van der Waals surface area (Å²) in [5.41, 5.74) is 4.74. The molecule has 2 aromatic rings. The molecule has 2 heteroatoms. The molecule has 0 aliphatic rings. The number of aromatic nitrogens is 2. The monoisotopic (exact) mass is 200 g/mol. The summed E-state index contributed by atoms with van der Waals surface area (Å²) in [6, 6.07) is 10.7. The van der Waals surface area contributed by atoms with E-state index in [-0.39, 0.29) is 0 Å². The molecule has 1 heterocycles. The lowest BCUT2D eigenvalue weighted by atomic mass is 10.1. The molecule has 0 bridgehead atoms. The fourth-order valence-corrected chi connectivity index (χ4v) is 1.76. The van der Waals surface area contributed by atoms with Crippen molar-refractivity contribution in [2.75, 3.05) is 0 Å². The minimum Gasteiger partial charge on any atom is -0.238 e. The molecule has 2 rings (SSSR count). The fraction of sp³-hybridized carbons (Fsp3) is 0.308. The van der Waals surface area contributed by atoms with Crippen molar-refractivity contribution in [1.29, 1.82) is 0 Å². The van der Waals surface area contributed by atoms with Crippen LogP contribution in [0, 0.1) is 13.8 Å². The van der Waals surface area contributed by atoms with Gasteiger partial charge < -0.3 is 0 Å². The summed E-state index contributed by atoms with van der Waals surface area (Å²) >= 11 is 0. The number of hydrogen-bond acceptors (Lipinski definition) is 1. The summed E-state index contributed by atoms with van der Waals surface area (Å²) in [6.45, 7) is 6.26. The zero-order chi connectivity index (χ0) is 10.8. The molecular weight excluding hydrogens is 184 g/mol. The summed E-state index contributed by atoms with van der Waals surface area (Å²) in [4.78, 5) is 0. The van der Waals surface area contributed by atoms with Gasteiger partial charge >= 0.3 is 0 Å². The van der Waals surface area contributed by atoms with E-state index in [1.54, 1.807) is 0 Å². The molecule has 0 spiro atoms. The van der Waals surface area contributed by atoms with E-state index in [2.05, 4.69) is 49.3 Å². The highest BCUT2D eigenvalue weighted by Gasteiger charge is 2.02. The van der Waals surface area contributed by atoms with Crippen LogP contribution in [0.5, 0.6) is 0 Å². The largest absolute Gasteiger partial charge is 0.238 e. The lowest BCUT2D eigenvalue weighted by molar-refractivity contribution is 0.832. The van der Waals surface area contributed by atoms with E-state index >= 15 is 0 Å². The van der Waals surface area contributed by atoms with Crippen LogP contribution in [0.3, 0.4) is 0 Å². The summed E-state index contributed by atoms with van der Waals surface area (Å²) in [5, 5.41) is 4.45. The molecule has 0 fully saturated rings. The smallest absolute Gasteiger partial charge is 0.0648 e. The Morgan fingerprint density at radius 2 is 1.80 bits per heavy atom. The summed E-state index contributed by atoms with van der Waals surface area (Å²) in [5.74, 6) is 0. The molecule has 0 saturated heterocycles. The third kappa shape index (κ3) is 1.94. The Kier molecular flexibility index (Phi) is 2.58. The van der Waals surface area contributed by atoms with Crippen LogP contribution in [0.2, 0.25) is 0 Å². The second-order valence-corrected chi connectivity index (χ2v) is 3.86. The summed E-state index contributed by atoms with van der Waals surface area (Å²) < 4.78 is 1.98. The van der Waals surface area contributed by atoms with Crippen LogP contribution < -0.4 is 0 Å². The zero-order valence-electron chi connectivity index (χ0n) is 9.49. The zero-order valence-corrected chi connectivity index (χ0v) is 9.49. The Hall–Kier alpha value is -1.57. The van der Waals surface area contributed by atoms with Gasteiger partial charge in [-0.2, -0.15) is 5.10 Å². The van der Waals surface area contributed by atoms with Crippen molar-refractivity contribution < 1.29 is 0 Å². The average molecular weight is 200 g/mol. The molecule has 0 amide bonds. The topological polar surface area (TPSA) is 17.8 Å². The van der Waals surface area contributed by atoms with Crippen LogP contribution in [0.4, 0.5) is 0 Å². The first kappa shape index (κ1) is 9.97. The molecular formula is C13H16N2. The number of rotatable bonds is 2. The van der Waals surface area contributed by atoms with Gasteiger partial charge in [0.25, 0.3) is 0 Å². The van der Waals surface area contributed by atoms with Crippen LogP contribution >= 0.6 is 0 Å². The first-order valence-electron chi connectivity index (χ1n) is 5.33. The van der Waals surface area contributed by atoms with Crippen LogP contribution in [0.25, 0.3) is 5.69 Å². The Morgan fingerprint density at radius 3 is 2.27 bits per heavy atom. The summed E-state index contributed by atoms with van der Waals surface area (Å²) in [6.07, 6.45) is 1.08. The molecule has 0 saturated carbocycles. The minimum absolute atomic E-state index is 1.06. The van der Waals surface area contributed by atoms with E-state index in [4.69, 9.17) is 0 Å². The minimum atomic E-state index is 1.06.